The zero-order valence-corrected chi connectivity index (χ0v) is 35.6. The summed E-state index contributed by atoms with van der Waals surface area (Å²) in [6, 6.07) is 94.4. The predicted octanol–water partition coefficient (Wildman–Crippen LogP) is 12.6. The molecule has 0 bridgehead atoms. The predicted molar refractivity (Wildman–Crippen MR) is 270 cm³/mol. The third-order valence-electron chi connectivity index (χ3n) is 13.0. The van der Waals surface area contributed by atoms with E-state index in [1.807, 2.05) is 0 Å². The summed E-state index contributed by atoms with van der Waals surface area (Å²) in [5, 5.41) is 10.4. The molecule has 0 spiro atoms. The number of fused-ring (bicyclic) bond motifs is 6. The Hall–Kier alpha value is -7.98. The van der Waals surface area contributed by atoms with E-state index in [0.717, 1.165) is 11.4 Å². The molecule has 3 heteroatoms. The van der Waals surface area contributed by atoms with Gasteiger partial charge in [0.05, 0.1) is 22.1 Å². The Bertz CT molecular complexity index is 3360. The van der Waals surface area contributed by atoms with Gasteiger partial charge in [-0.15, -0.1) is 0 Å². The van der Waals surface area contributed by atoms with Crippen molar-refractivity contribution in [1.82, 2.24) is 9.13 Å². The van der Waals surface area contributed by atoms with Crippen LogP contribution >= 0.6 is 0 Å². The molecule has 0 fully saturated rings. The Morgan fingerprint density at radius 2 is 0.571 bits per heavy atom. The molecule has 63 heavy (non-hydrogen) atoms. The minimum absolute atomic E-state index is 1.15. The third kappa shape index (κ3) is 6.00. The maximum absolute atomic E-state index is 2.97. The fourth-order valence-electron chi connectivity index (χ4n) is 10.3. The van der Waals surface area contributed by atoms with Crippen LogP contribution in [0.1, 0.15) is 0 Å². The molecule has 0 saturated carbocycles. The van der Waals surface area contributed by atoms with E-state index in [4.69, 9.17) is 0 Å². The second-order valence-corrected chi connectivity index (χ2v) is 20.3. The van der Waals surface area contributed by atoms with Crippen molar-refractivity contribution in [2.45, 2.75) is 0 Å². The molecule has 2 heterocycles. The maximum Gasteiger partial charge on any atom is 0.179 e. The van der Waals surface area contributed by atoms with Crippen molar-refractivity contribution in [2.75, 3.05) is 0 Å². The SMILES string of the molecule is c1ccc(-c2cccc(-n3c4ccccc4c4cc([Si](c5ccccc5)(c5ccccc5)c5ccc6c(c5)c5ccccc5n6-c5cccc(-c6ccccc6)c5)ccc43)c2)cc1. The molecule has 296 valence electrons. The third-order valence-corrected chi connectivity index (χ3v) is 17.8. The number of hydrogen-bond donors (Lipinski definition) is 0. The number of nitrogens with zero attached hydrogens (tertiary/aromatic N) is 2. The first-order valence-electron chi connectivity index (χ1n) is 21.8. The smallest absolute Gasteiger partial charge is 0.179 e. The van der Waals surface area contributed by atoms with Gasteiger partial charge in [0.25, 0.3) is 0 Å². The minimum atomic E-state index is -2.97. The first-order chi connectivity index (χ1) is 31.3. The molecular formula is C60H42N2Si. The molecule has 12 aromatic rings. The van der Waals surface area contributed by atoms with Crippen LogP contribution in [0.3, 0.4) is 0 Å². The lowest BCUT2D eigenvalue weighted by atomic mass is 10.1. The van der Waals surface area contributed by atoms with Crippen molar-refractivity contribution < 1.29 is 0 Å². The molecule has 0 saturated heterocycles. The van der Waals surface area contributed by atoms with Crippen molar-refractivity contribution in [3.63, 3.8) is 0 Å². The summed E-state index contributed by atoms with van der Waals surface area (Å²) >= 11 is 0. The second-order valence-electron chi connectivity index (χ2n) is 16.5. The maximum atomic E-state index is 2.53. The summed E-state index contributed by atoms with van der Waals surface area (Å²) in [6.45, 7) is 0. The largest absolute Gasteiger partial charge is 0.309 e. The summed E-state index contributed by atoms with van der Waals surface area (Å²) in [4.78, 5) is 0. The number of benzene rings is 10. The van der Waals surface area contributed by atoms with E-state index in [9.17, 15) is 0 Å². The fraction of sp³-hybridized carbons (Fsp3) is 0. The monoisotopic (exact) mass is 818 g/mol. The highest BCUT2D eigenvalue weighted by atomic mass is 28.3. The Kier molecular flexibility index (Phi) is 8.87. The van der Waals surface area contributed by atoms with Crippen LogP contribution in [-0.4, -0.2) is 17.2 Å². The lowest BCUT2D eigenvalue weighted by Gasteiger charge is -2.34. The van der Waals surface area contributed by atoms with E-state index in [1.165, 1.54) is 86.6 Å². The summed E-state index contributed by atoms with van der Waals surface area (Å²) in [7, 11) is -2.97. The molecule has 0 aliphatic carbocycles. The molecular weight excluding hydrogens is 777 g/mol. The molecule has 0 aliphatic heterocycles. The molecule has 0 N–H and O–H groups in total. The molecule has 2 nitrogen and oxygen atoms in total. The highest BCUT2D eigenvalue weighted by molar-refractivity contribution is 7.20. The van der Waals surface area contributed by atoms with Gasteiger partial charge in [0.15, 0.2) is 8.07 Å². The summed E-state index contributed by atoms with van der Waals surface area (Å²) in [6.07, 6.45) is 0. The van der Waals surface area contributed by atoms with Crippen LogP contribution in [0.5, 0.6) is 0 Å². The van der Waals surface area contributed by atoms with Gasteiger partial charge in [-0.3, -0.25) is 0 Å². The topological polar surface area (TPSA) is 9.86 Å². The molecule has 12 rings (SSSR count). The summed E-state index contributed by atoms with van der Waals surface area (Å²) in [5.41, 5.74) is 11.9. The van der Waals surface area contributed by atoms with E-state index in [0.29, 0.717) is 0 Å². The van der Waals surface area contributed by atoms with Crippen LogP contribution in [0.25, 0.3) is 77.2 Å². The van der Waals surface area contributed by atoms with Crippen molar-refractivity contribution in [3.8, 4) is 33.6 Å². The standard InChI is InChI=1S/C60H42N2Si/c1-5-19-43(20-6-1)45-23-17-25-47(39-45)61-57-33-15-13-31-53(57)55-41-51(35-37-59(55)61)63(49-27-9-3-10-28-49,50-29-11-4-12-30-50)52-36-38-60-56(42-52)54-32-14-16-34-58(54)62(60)48-26-18-24-46(40-48)44-21-7-2-8-22-44/h1-42H. The minimum Gasteiger partial charge on any atom is -0.309 e. The van der Waals surface area contributed by atoms with Crippen LogP contribution in [-0.2, 0) is 0 Å². The van der Waals surface area contributed by atoms with E-state index in [2.05, 4.69) is 264 Å². The van der Waals surface area contributed by atoms with Crippen molar-refractivity contribution >= 4 is 72.4 Å². The Morgan fingerprint density at radius 3 is 1.00 bits per heavy atom. The first kappa shape index (κ1) is 36.8. The Morgan fingerprint density at radius 1 is 0.222 bits per heavy atom. The quantitative estimate of drug-likeness (QED) is 0.107. The molecule has 0 aliphatic rings. The summed E-state index contributed by atoms with van der Waals surface area (Å²) in [5.74, 6) is 0. The average Bonchev–Trinajstić information content (AvgIpc) is 3.88. The summed E-state index contributed by atoms with van der Waals surface area (Å²) < 4.78 is 4.89. The molecule has 0 amide bonds. The van der Waals surface area contributed by atoms with E-state index in [-0.39, 0.29) is 0 Å². The average molecular weight is 819 g/mol. The van der Waals surface area contributed by atoms with Gasteiger partial charge >= 0.3 is 0 Å². The molecule has 0 unspecified atom stereocenters. The van der Waals surface area contributed by atoms with Crippen LogP contribution in [0, 0.1) is 0 Å². The molecule has 0 radical (unpaired) electrons. The highest BCUT2D eigenvalue weighted by Crippen LogP contribution is 2.36. The van der Waals surface area contributed by atoms with Crippen LogP contribution in [0.4, 0.5) is 0 Å². The van der Waals surface area contributed by atoms with E-state index < -0.39 is 8.07 Å². The second kappa shape index (κ2) is 15.2. The zero-order chi connectivity index (χ0) is 41.7. The van der Waals surface area contributed by atoms with Gasteiger partial charge in [0.2, 0.25) is 0 Å². The van der Waals surface area contributed by atoms with Gasteiger partial charge in [0.1, 0.15) is 0 Å². The number of rotatable bonds is 8. The molecule has 0 atom stereocenters. The van der Waals surface area contributed by atoms with Crippen LogP contribution < -0.4 is 20.7 Å². The van der Waals surface area contributed by atoms with E-state index >= 15 is 0 Å². The Balaban J connectivity index is 1.11. The van der Waals surface area contributed by atoms with Crippen molar-refractivity contribution in [1.29, 1.82) is 0 Å². The fourth-order valence-corrected chi connectivity index (χ4v) is 15.0. The Labute approximate surface area is 368 Å². The molecule has 2 aromatic heterocycles. The van der Waals surface area contributed by atoms with Gasteiger partial charge < -0.3 is 9.13 Å². The van der Waals surface area contributed by atoms with E-state index in [1.54, 1.807) is 0 Å². The molecule has 10 aromatic carbocycles. The van der Waals surface area contributed by atoms with Crippen LogP contribution in [0.15, 0.2) is 255 Å². The van der Waals surface area contributed by atoms with Gasteiger partial charge in [-0.25, -0.2) is 0 Å². The number of aromatic nitrogens is 2. The normalized spacial score (nSPS) is 11.8. The van der Waals surface area contributed by atoms with Gasteiger partial charge in [0, 0.05) is 32.9 Å². The van der Waals surface area contributed by atoms with Crippen molar-refractivity contribution in [2.24, 2.45) is 0 Å². The lowest BCUT2D eigenvalue weighted by Crippen LogP contribution is -2.74. The highest BCUT2D eigenvalue weighted by Gasteiger charge is 2.42. The van der Waals surface area contributed by atoms with Gasteiger partial charge in [-0.05, 0) is 91.5 Å². The van der Waals surface area contributed by atoms with Crippen molar-refractivity contribution in [3.05, 3.63) is 255 Å². The van der Waals surface area contributed by atoms with Gasteiger partial charge in [-0.2, -0.15) is 0 Å². The van der Waals surface area contributed by atoms with Crippen LogP contribution in [0.2, 0.25) is 0 Å². The zero-order valence-electron chi connectivity index (χ0n) is 34.6. The number of hydrogen-bond acceptors (Lipinski definition) is 0. The number of para-hydroxylation sites is 2. The van der Waals surface area contributed by atoms with Gasteiger partial charge in [-0.1, -0.05) is 206 Å². The first-order valence-corrected chi connectivity index (χ1v) is 23.8. The lowest BCUT2D eigenvalue weighted by molar-refractivity contribution is 1.18.